The number of rotatable bonds is 2. The number of amides is 1. The van der Waals surface area contributed by atoms with Crippen molar-refractivity contribution in [3.63, 3.8) is 0 Å². The lowest BCUT2D eigenvalue weighted by atomic mass is 9.94. The maximum Gasteiger partial charge on any atom is 0.326 e. The fourth-order valence-electron chi connectivity index (χ4n) is 3.65. The molecule has 1 saturated carbocycles. The maximum atomic E-state index is 13.2. The molecule has 1 heterocycles. The van der Waals surface area contributed by atoms with Crippen molar-refractivity contribution in [3.8, 4) is 0 Å². The molecule has 3 rings (SSSR count). The van der Waals surface area contributed by atoms with E-state index < -0.39 is 17.8 Å². The summed E-state index contributed by atoms with van der Waals surface area (Å²) >= 11 is 1.91. The van der Waals surface area contributed by atoms with Crippen molar-refractivity contribution in [2.24, 2.45) is 11.8 Å². The first-order valence-electron chi connectivity index (χ1n) is 6.98. The normalized spacial score (nSPS) is 27.7. The Bertz CT molecular complexity index is 607. The van der Waals surface area contributed by atoms with Crippen LogP contribution in [0.1, 0.15) is 29.6 Å². The van der Waals surface area contributed by atoms with E-state index in [9.17, 15) is 19.1 Å². The van der Waals surface area contributed by atoms with Gasteiger partial charge in [-0.05, 0) is 65.5 Å². The van der Waals surface area contributed by atoms with Crippen LogP contribution in [0.15, 0.2) is 18.2 Å². The number of carbonyl (C=O) groups excluding carboxylic acids is 1. The molecule has 2 aliphatic rings. The van der Waals surface area contributed by atoms with Gasteiger partial charge in [0.25, 0.3) is 5.91 Å². The molecule has 112 valence electrons. The standard InChI is InChI=1S/C15H15FINO3/c16-9-4-5-11(12(17)6-9)14(19)18-7-8-2-1-3-10(8)13(18)15(20)21/h4-6,8,10,13H,1-3,7H2,(H,20,21). The quantitative estimate of drug-likeness (QED) is 0.773. The van der Waals surface area contributed by atoms with Crippen LogP contribution in [0, 0.1) is 21.2 Å². The van der Waals surface area contributed by atoms with Gasteiger partial charge in [-0.3, -0.25) is 4.79 Å². The highest BCUT2D eigenvalue weighted by Gasteiger charge is 2.49. The second-order valence-corrected chi connectivity index (χ2v) is 6.88. The molecule has 1 aromatic carbocycles. The molecule has 0 radical (unpaired) electrons. The Morgan fingerprint density at radius 3 is 2.76 bits per heavy atom. The van der Waals surface area contributed by atoms with Crippen LogP contribution in [0.25, 0.3) is 0 Å². The average molecular weight is 403 g/mol. The van der Waals surface area contributed by atoms with E-state index in [1.165, 1.54) is 23.1 Å². The Kier molecular flexibility index (Phi) is 3.90. The van der Waals surface area contributed by atoms with Crippen LogP contribution in [0.2, 0.25) is 0 Å². The number of carboxylic acids is 1. The van der Waals surface area contributed by atoms with E-state index in [4.69, 9.17) is 0 Å². The number of nitrogens with zero attached hydrogens (tertiary/aromatic N) is 1. The predicted octanol–water partition coefficient (Wildman–Crippen LogP) is 2.76. The Morgan fingerprint density at radius 2 is 2.10 bits per heavy atom. The lowest BCUT2D eigenvalue weighted by Crippen LogP contribution is -2.43. The smallest absolute Gasteiger partial charge is 0.326 e. The Morgan fingerprint density at radius 1 is 1.33 bits per heavy atom. The minimum absolute atomic E-state index is 0.0598. The first kappa shape index (κ1) is 14.7. The lowest BCUT2D eigenvalue weighted by molar-refractivity contribution is -0.142. The van der Waals surface area contributed by atoms with Gasteiger partial charge in [-0.15, -0.1) is 0 Å². The summed E-state index contributed by atoms with van der Waals surface area (Å²) in [4.78, 5) is 25.7. The predicted molar refractivity (Wildman–Crippen MR) is 82.4 cm³/mol. The van der Waals surface area contributed by atoms with Crippen molar-refractivity contribution in [2.75, 3.05) is 6.54 Å². The van der Waals surface area contributed by atoms with Crippen molar-refractivity contribution in [1.29, 1.82) is 0 Å². The van der Waals surface area contributed by atoms with Gasteiger partial charge < -0.3 is 10.0 Å². The monoisotopic (exact) mass is 403 g/mol. The van der Waals surface area contributed by atoms with Crippen LogP contribution in [0.3, 0.4) is 0 Å². The minimum atomic E-state index is -0.935. The Hall–Kier alpha value is -1.18. The zero-order chi connectivity index (χ0) is 15.1. The molecule has 1 aliphatic carbocycles. The third kappa shape index (κ3) is 2.54. The van der Waals surface area contributed by atoms with Crippen molar-refractivity contribution in [3.05, 3.63) is 33.1 Å². The number of benzene rings is 1. The summed E-state index contributed by atoms with van der Waals surface area (Å²) in [6.07, 6.45) is 2.89. The SMILES string of the molecule is O=C(O)C1C2CCCC2CN1C(=O)c1ccc(F)cc1I. The number of carboxylic acid groups (broad SMARTS) is 1. The van der Waals surface area contributed by atoms with Gasteiger partial charge in [-0.1, -0.05) is 6.42 Å². The van der Waals surface area contributed by atoms with Gasteiger partial charge in [0.2, 0.25) is 0 Å². The van der Waals surface area contributed by atoms with E-state index >= 15 is 0 Å². The molecule has 21 heavy (non-hydrogen) atoms. The van der Waals surface area contributed by atoms with E-state index in [1.54, 1.807) is 0 Å². The molecule has 0 spiro atoms. The zero-order valence-corrected chi connectivity index (χ0v) is 13.4. The van der Waals surface area contributed by atoms with E-state index in [2.05, 4.69) is 0 Å². The molecule has 1 aromatic rings. The van der Waals surface area contributed by atoms with E-state index in [-0.39, 0.29) is 17.7 Å². The second-order valence-electron chi connectivity index (χ2n) is 5.72. The summed E-state index contributed by atoms with van der Waals surface area (Å²) in [5.41, 5.74) is 0.378. The third-order valence-corrected chi connectivity index (χ3v) is 5.46. The largest absolute Gasteiger partial charge is 0.480 e. The summed E-state index contributed by atoms with van der Waals surface area (Å²) in [5.74, 6) is -1.29. The number of likely N-dealkylation sites (tertiary alicyclic amines) is 1. The van der Waals surface area contributed by atoms with E-state index in [1.807, 2.05) is 22.6 Å². The number of hydrogen-bond donors (Lipinski definition) is 1. The molecular formula is C15H15FINO3. The highest BCUT2D eigenvalue weighted by Crippen LogP contribution is 2.42. The van der Waals surface area contributed by atoms with Gasteiger partial charge in [0.05, 0.1) is 5.56 Å². The van der Waals surface area contributed by atoms with Crippen LogP contribution in [-0.4, -0.2) is 34.5 Å². The van der Waals surface area contributed by atoms with Crippen molar-refractivity contribution in [1.82, 2.24) is 4.90 Å². The summed E-state index contributed by atoms with van der Waals surface area (Å²) in [5, 5.41) is 9.48. The van der Waals surface area contributed by atoms with Crippen LogP contribution < -0.4 is 0 Å². The maximum absolute atomic E-state index is 13.2. The van der Waals surface area contributed by atoms with Gasteiger partial charge in [-0.2, -0.15) is 0 Å². The number of fused-ring (bicyclic) bond motifs is 1. The third-order valence-electron chi connectivity index (χ3n) is 4.57. The van der Waals surface area contributed by atoms with Gasteiger partial charge in [0, 0.05) is 10.1 Å². The van der Waals surface area contributed by atoms with E-state index in [0.29, 0.717) is 15.7 Å². The molecule has 0 aromatic heterocycles. The van der Waals surface area contributed by atoms with Crippen LogP contribution in [0.4, 0.5) is 4.39 Å². The number of carbonyl (C=O) groups is 2. The number of halogens is 2. The van der Waals surface area contributed by atoms with E-state index in [0.717, 1.165) is 19.3 Å². The Labute approximate surface area is 135 Å². The molecule has 6 heteroatoms. The highest BCUT2D eigenvalue weighted by atomic mass is 127. The van der Waals surface area contributed by atoms with Gasteiger partial charge in [0.15, 0.2) is 0 Å². The topological polar surface area (TPSA) is 57.6 Å². The first-order chi connectivity index (χ1) is 9.99. The fourth-order valence-corrected chi connectivity index (χ4v) is 4.36. The summed E-state index contributed by atoms with van der Waals surface area (Å²) in [6.45, 7) is 0.494. The summed E-state index contributed by atoms with van der Waals surface area (Å²) in [6, 6.07) is 3.22. The number of aliphatic carboxylic acids is 1. The van der Waals surface area contributed by atoms with Crippen molar-refractivity contribution in [2.45, 2.75) is 25.3 Å². The van der Waals surface area contributed by atoms with Crippen LogP contribution in [0.5, 0.6) is 0 Å². The second kappa shape index (κ2) is 5.55. The molecule has 1 amide bonds. The highest BCUT2D eigenvalue weighted by molar-refractivity contribution is 14.1. The minimum Gasteiger partial charge on any atom is -0.480 e. The molecule has 2 fully saturated rings. The summed E-state index contributed by atoms with van der Waals surface area (Å²) in [7, 11) is 0. The lowest BCUT2D eigenvalue weighted by Gasteiger charge is -2.24. The van der Waals surface area contributed by atoms with Crippen LogP contribution in [-0.2, 0) is 4.79 Å². The van der Waals surface area contributed by atoms with Gasteiger partial charge >= 0.3 is 5.97 Å². The zero-order valence-electron chi connectivity index (χ0n) is 11.3. The Balaban J connectivity index is 1.91. The van der Waals surface area contributed by atoms with Gasteiger partial charge in [-0.25, -0.2) is 9.18 Å². The molecule has 4 nitrogen and oxygen atoms in total. The molecule has 0 bridgehead atoms. The molecular weight excluding hydrogens is 388 g/mol. The first-order valence-corrected chi connectivity index (χ1v) is 8.05. The molecule has 1 N–H and O–H groups in total. The fraction of sp³-hybridized carbons (Fsp3) is 0.467. The van der Waals surface area contributed by atoms with Crippen molar-refractivity contribution >= 4 is 34.5 Å². The molecule has 3 unspecified atom stereocenters. The summed E-state index contributed by atoms with van der Waals surface area (Å²) < 4.78 is 13.7. The molecule has 1 saturated heterocycles. The van der Waals surface area contributed by atoms with Crippen molar-refractivity contribution < 1.29 is 19.1 Å². The molecule has 3 atom stereocenters. The average Bonchev–Trinajstić information content (AvgIpc) is 2.96. The number of hydrogen-bond acceptors (Lipinski definition) is 2. The van der Waals surface area contributed by atoms with Crippen LogP contribution >= 0.6 is 22.6 Å². The molecule has 1 aliphatic heterocycles. The van der Waals surface area contributed by atoms with Gasteiger partial charge in [0.1, 0.15) is 11.9 Å².